The van der Waals surface area contributed by atoms with Crippen molar-refractivity contribution in [1.29, 1.82) is 0 Å². The van der Waals surface area contributed by atoms with Gasteiger partial charge in [0.2, 0.25) is 0 Å². The summed E-state index contributed by atoms with van der Waals surface area (Å²) in [5, 5.41) is 2.99. The molecule has 1 fully saturated rings. The minimum absolute atomic E-state index is 0.113. The zero-order valence-electron chi connectivity index (χ0n) is 17.6. The fourth-order valence-corrected chi connectivity index (χ4v) is 4.18. The van der Waals surface area contributed by atoms with E-state index in [2.05, 4.69) is 36.9 Å². The number of nitrogens with zero attached hydrogens (tertiary/aromatic N) is 4. The SMILES string of the molecule is Cc1nc2cc(C(=O)NCc3ccc(N4CCCC4)nc3)ccc2n1-c1ccccc1. The molecule has 1 aliphatic heterocycles. The number of amides is 1. The molecular formula is C25H25N5O. The van der Waals surface area contributed by atoms with Crippen molar-refractivity contribution >= 4 is 22.8 Å². The number of carbonyl (C=O) groups is 1. The fourth-order valence-electron chi connectivity index (χ4n) is 4.18. The van der Waals surface area contributed by atoms with Gasteiger partial charge in [0.25, 0.3) is 5.91 Å². The summed E-state index contributed by atoms with van der Waals surface area (Å²) >= 11 is 0. The number of hydrogen-bond acceptors (Lipinski definition) is 4. The Morgan fingerprint density at radius 1 is 1.03 bits per heavy atom. The van der Waals surface area contributed by atoms with Gasteiger partial charge in [-0.3, -0.25) is 9.36 Å². The predicted octanol–water partition coefficient (Wildman–Crippen LogP) is 4.26. The second kappa shape index (κ2) is 8.22. The van der Waals surface area contributed by atoms with Crippen LogP contribution in [0.3, 0.4) is 0 Å². The number of aromatic nitrogens is 3. The zero-order chi connectivity index (χ0) is 21.2. The van der Waals surface area contributed by atoms with E-state index in [4.69, 9.17) is 0 Å². The van der Waals surface area contributed by atoms with E-state index in [0.717, 1.165) is 47.0 Å². The summed E-state index contributed by atoms with van der Waals surface area (Å²) in [5.74, 6) is 1.79. The van der Waals surface area contributed by atoms with Gasteiger partial charge >= 0.3 is 0 Å². The van der Waals surface area contributed by atoms with Crippen molar-refractivity contribution in [3.05, 3.63) is 83.8 Å². The number of benzene rings is 2. The lowest BCUT2D eigenvalue weighted by Gasteiger charge is -2.16. The van der Waals surface area contributed by atoms with E-state index in [1.165, 1.54) is 12.8 Å². The smallest absolute Gasteiger partial charge is 0.251 e. The Morgan fingerprint density at radius 3 is 2.58 bits per heavy atom. The number of hydrogen-bond donors (Lipinski definition) is 1. The molecular weight excluding hydrogens is 386 g/mol. The maximum Gasteiger partial charge on any atom is 0.251 e. The second-order valence-electron chi connectivity index (χ2n) is 7.93. The van der Waals surface area contributed by atoms with Crippen molar-refractivity contribution in [2.75, 3.05) is 18.0 Å². The summed E-state index contributed by atoms with van der Waals surface area (Å²) in [7, 11) is 0. The highest BCUT2D eigenvalue weighted by Gasteiger charge is 2.14. The van der Waals surface area contributed by atoms with Crippen molar-refractivity contribution in [3.8, 4) is 5.69 Å². The number of para-hydroxylation sites is 1. The Labute approximate surface area is 181 Å². The van der Waals surface area contributed by atoms with Crippen molar-refractivity contribution < 1.29 is 4.79 Å². The van der Waals surface area contributed by atoms with Gasteiger partial charge in [-0.05, 0) is 61.7 Å². The summed E-state index contributed by atoms with van der Waals surface area (Å²) in [5.41, 5.74) is 4.45. The van der Waals surface area contributed by atoms with Gasteiger partial charge in [-0.1, -0.05) is 24.3 Å². The molecule has 2 aromatic carbocycles. The molecule has 1 N–H and O–H groups in total. The van der Waals surface area contributed by atoms with E-state index < -0.39 is 0 Å². The first-order valence-corrected chi connectivity index (χ1v) is 10.7. The molecule has 0 atom stereocenters. The standard InChI is InChI=1S/C25H25N5O/c1-18-28-22-15-20(10-11-23(22)30(18)21-7-3-2-4-8-21)25(31)27-17-19-9-12-24(26-16-19)29-13-5-6-14-29/h2-4,7-12,15-16H,5-6,13-14,17H2,1H3,(H,27,31). The van der Waals surface area contributed by atoms with Crippen LogP contribution in [0.2, 0.25) is 0 Å². The fraction of sp³-hybridized carbons (Fsp3) is 0.240. The Morgan fingerprint density at radius 2 is 1.84 bits per heavy atom. The van der Waals surface area contributed by atoms with E-state index >= 15 is 0 Å². The first-order chi connectivity index (χ1) is 15.2. The third-order valence-electron chi connectivity index (χ3n) is 5.79. The maximum absolute atomic E-state index is 12.7. The first-order valence-electron chi connectivity index (χ1n) is 10.7. The Balaban J connectivity index is 1.30. The van der Waals surface area contributed by atoms with Crippen LogP contribution in [-0.4, -0.2) is 33.5 Å². The van der Waals surface area contributed by atoms with Crippen molar-refractivity contribution in [1.82, 2.24) is 19.9 Å². The van der Waals surface area contributed by atoms with Gasteiger partial charge < -0.3 is 10.2 Å². The van der Waals surface area contributed by atoms with Gasteiger partial charge in [-0.15, -0.1) is 0 Å². The van der Waals surface area contributed by atoms with E-state index in [1.807, 2.05) is 61.7 Å². The van der Waals surface area contributed by atoms with Crippen LogP contribution in [-0.2, 0) is 6.54 Å². The third-order valence-corrected chi connectivity index (χ3v) is 5.79. The molecule has 1 aliphatic rings. The van der Waals surface area contributed by atoms with Gasteiger partial charge in [0.05, 0.1) is 11.0 Å². The molecule has 0 aliphatic carbocycles. The van der Waals surface area contributed by atoms with Crippen LogP contribution in [0.4, 0.5) is 5.82 Å². The van der Waals surface area contributed by atoms with Crippen LogP contribution in [0, 0.1) is 6.92 Å². The van der Waals surface area contributed by atoms with E-state index in [0.29, 0.717) is 12.1 Å². The number of nitrogens with one attached hydrogen (secondary N) is 1. The molecule has 31 heavy (non-hydrogen) atoms. The lowest BCUT2D eigenvalue weighted by molar-refractivity contribution is 0.0951. The highest BCUT2D eigenvalue weighted by atomic mass is 16.1. The molecule has 2 aromatic heterocycles. The van der Waals surface area contributed by atoms with Crippen molar-refractivity contribution in [3.63, 3.8) is 0 Å². The summed E-state index contributed by atoms with van der Waals surface area (Å²) < 4.78 is 2.10. The first kappa shape index (κ1) is 19.3. The van der Waals surface area contributed by atoms with E-state index in [-0.39, 0.29) is 5.91 Å². The minimum atomic E-state index is -0.113. The topological polar surface area (TPSA) is 63.1 Å². The molecule has 1 amide bonds. The zero-order valence-corrected chi connectivity index (χ0v) is 17.6. The van der Waals surface area contributed by atoms with Crippen LogP contribution < -0.4 is 10.2 Å². The molecule has 0 saturated carbocycles. The molecule has 0 radical (unpaired) electrons. The molecule has 4 aromatic rings. The largest absolute Gasteiger partial charge is 0.357 e. The number of pyridine rings is 1. The Kier molecular flexibility index (Phi) is 5.12. The predicted molar refractivity (Wildman–Crippen MR) is 123 cm³/mol. The molecule has 3 heterocycles. The van der Waals surface area contributed by atoms with Gasteiger partial charge in [0.1, 0.15) is 11.6 Å². The summed E-state index contributed by atoms with van der Waals surface area (Å²) in [6, 6.07) is 19.9. The number of rotatable bonds is 5. The van der Waals surface area contributed by atoms with Gasteiger partial charge in [-0.2, -0.15) is 0 Å². The molecule has 6 nitrogen and oxygen atoms in total. The number of fused-ring (bicyclic) bond motifs is 1. The molecule has 6 heteroatoms. The van der Waals surface area contributed by atoms with Crippen LogP contribution in [0.1, 0.15) is 34.6 Å². The lowest BCUT2D eigenvalue weighted by Crippen LogP contribution is -2.23. The summed E-state index contributed by atoms with van der Waals surface area (Å²) in [6.07, 6.45) is 4.31. The van der Waals surface area contributed by atoms with Gasteiger partial charge in [0, 0.05) is 37.1 Å². The minimum Gasteiger partial charge on any atom is -0.357 e. The van der Waals surface area contributed by atoms with Crippen LogP contribution in [0.25, 0.3) is 16.7 Å². The maximum atomic E-state index is 12.7. The van der Waals surface area contributed by atoms with E-state index in [1.54, 1.807) is 0 Å². The van der Waals surface area contributed by atoms with Gasteiger partial charge in [-0.25, -0.2) is 9.97 Å². The molecule has 1 saturated heterocycles. The number of aryl methyl sites for hydroxylation is 1. The highest BCUT2D eigenvalue weighted by Crippen LogP contribution is 2.22. The van der Waals surface area contributed by atoms with Crippen molar-refractivity contribution in [2.45, 2.75) is 26.3 Å². The molecule has 156 valence electrons. The Hall–Kier alpha value is -3.67. The molecule has 5 rings (SSSR count). The lowest BCUT2D eigenvalue weighted by atomic mass is 10.1. The number of anilines is 1. The average Bonchev–Trinajstić information content (AvgIpc) is 3.45. The van der Waals surface area contributed by atoms with Crippen LogP contribution in [0.5, 0.6) is 0 Å². The van der Waals surface area contributed by atoms with Crippen LogP contribution in [0.15, 0.2) is 66.9 Å². The number of imidazole rings is 1. The second-order valence-corrected chi connectivity index (χ2v) is 7.93. The molecule has 0 spiro atoms. The van der Waals surface area contributed by atoms with Crippen molar-refractivity contribution in [2.24, 2.45) is 0 Å². The molecule has 0 bridgehead atoms. The summed E-state index contributed by atoms with van der Waals surface area (Å²) in [4.78, 5) is 24.2. The van der Waals surface area contributed by atoms with Crippen LogP contribution >= 0.6 is 0 Å². The quantitative estimate of drug-likeness (QED) is 0.533. The number of carbonyl (C=O) groups excluding carboxylic acids is 1. The highest BCUT2D eigenvalue weighted by molar-refractivity contribution is 5.97. The van der Waals surface area contributed by atoms with E-state index in [9.17, 15) is 4.79 Å². The average molecular weight is 412 g/mol. The normalized spacial score (nSPS) is 13.6. The summed E-state index contributed by atoms with van der Waals surface area (Å²) in [6.45, 7) is 4.57. The Bertz CT molecular complexity index is 1210. The van der Waals surface area contributed by atoms with Gasteiger partial charge in [0.15, 0.2) is 0 Å². The third kappa shape index (κ3) is 3.89. The molecule has 0 unspecified atom stereocenters. The monoisotopic (exact) mass is 411 g/mol.